The molecule has 0 aliphatic carbocycles. The van der Waals surface area contributed by atoms with Gasteiger partial charge in [0, 0.05) is 36.8 Å². The van der Waals surface area contributed by atoms with Crippen molar-refractivity contribution < 1.29 is 9.90 Å². The summed E-state index contributed by atoms with van der Waals surface area (Å²) in [5.74, 6) is 0.188. The molecule has 1 amide bonds. The minimum atomic E-state index is -0.724. The van der Waals surface area contributed by atoms with Crippen molar-refractivity contribution in [3.05, 3.63) is 70.2 Å². The van der Waals surface area contributed by atoms with Crippen LogP contribution in [0.15, 0.2) is 48.5 Å². The Labute approximate surface area is 165 Å². The Morgan fingerprint density at radius 1 is 1.07 bits per heavy atom. The third-order valence-electron chi connectivity index (χ3n) is 5.72. The standard InChI is InChI=1S/C22H25ClN2O2/c23-19-10-4-3-9-18(19)21(26)15-25-14-17-8-2-1-7-16(17)13-20(25)22(27)24-11-5-6-12-24/h1-4,7-10,20-21,26H,5-6,11-15H2/t20-,21-/m1/s1. The van der Waals surface area contributed by atoms with E-state index in [9.17, 15) is 9.90 Å². The number of aliphatic hydroxyl groups is 1. The van der Waals surface area contributed by atoms with Gasteiger partial charge in [0.25, 0.3) is 0 Å². The van der Waals surface area contributed by atoms with Crippen LogP contribution in [0.1, 0.15) is 35.6 Å². The predicted octanol–water partition coefficient (Wildman–Crippen LogP) is 3.42. The van der Waals surface area contributed by atoms with Crippen molar-refractivity contribution in [2.24, 2.45) is 0 Å². The van der Waals surface area contributed by atoms with Gasteiger partial charge in [0.2, 0.25) is 5.91 Å². The topological polar surface area (TPSA) is 43.8 Å². The molecule has 2 aliphatic rings. The number of amides is 1. The maximum Gasteiger partial charge on any atom is 0.240 e. The number of β-amino-alcohol motifs (C(OH)–C–C–N with tert-alkyl or cyclic N) is 1. The van der Waals surface area contributed by atoms with Gasteiger partial charge in [0.1, 0.15) is 0 Å². The minimum absolute atomic E-state index is 0.188. The third kappa shape index (κ3) is 3.88. The number of likely N-dealkylation sites (tertiary alicyclic amines) is 1. The van der Waals surface area contributed by atoms with Gasteiger partial charge in [-0.05, 0) is 36.5 Å². The van der Waals surface area contributed by atoms with Crippen molar-refractivity contribution >= 4 is 17.5 Å². The van der Waals surface area contributed by atoms with E-state index in [2.05, 4.69) is 17.0 Å². The van der Waals surface area contributed by atoms with Gasteiger partial charge in [-0.3, -0.25) is 9.69 Å². The van der Waals surface area contributed by atoms with E-state index >= 15 is 0 Å². The van der Waals surface area contributed by atoms with Crippen molar-refractivity contribution in [2.75, 3.05) is 19.6 Å². The quantitative estimate of drug-likeness (QED) is 0.878. The molecule has 142 valence electrons. The zero-order valence-corrected chi connectivity index (χ0v) is 16.1. The van der Waals surface area contributed by atoms with Crippen molar-refractivity contribution in [2.45, 2.75) is 38.0 Å². The molecule has 0 aromatic heterocycles. The summed E-state index contributed by atoms with van der Waals surface area (Å²) >= 11 is 6.27. The zero-order valence-electron chi connectivity index (χ0n) is 15.4. The molecule has 0 spiro atoms. The van der Waals surface area contributed by atoms with Gasteiger partial charge in [-0.2, -0.15) is 0 Å². The van der Waals surface area contributed by atoms with Crippen LogP contribution in [0.4, 0.5) is 0 Å². The molecule has 1 N–H and O–H groups in total. The molecule has 5 heteroatoms. The summed E-state index contributed by atoms with van der Waals surface area (Å²) in [6, 6.07) is 15.4. The fraction of sp³-hybridized carbons (Fsp3) is 0.409. The molecule has 2 aliphatic heterocycles. The number of halogens is 1. The van der Waals surface area contributed by atoms with Crippen molar-refractivity contribution in [1.29, 1.82) is 0 Å². The maximum absolute atomic E-state index is 13.2. The molecule has 4 rings (SSSR count). The highest BCUT2D eigenvalue weighted by molar-refractivity contribution is 6.31. The van der Waals surface area contributed by atoms with Crippen molar-refractivity contribution in [3.8, 4) is 0 Å². The smallest absolute Gasteiger partial charge is 0.240 e. The minimum Gasteiger partial charge on any atom is -0.387 e. The van der Waals surface area contributed by atoms with Crippen LogP contribution < -0.4 is 0 Å². The Bertz CT molecular complexity index is 819. The second-order valence-electron chi connectivity index (χ2n) is 7.49. The van der Waals surface area contributed by atoms with Gasteiger partial charge in [-0.1, -0.05) is 54.1 Å². The van der Waals surface area contributed by atoms with E-state index < -0.39 is 6.10 Å². The van der Waals surface area contributed by atoms with Gasteiger partial charge in [0.05, 0.1) is 12.1 Å². The number of nitrogens with zero attached hydrogens (tertiary/aromatic N) is 2. The van der Waals surface area contributed by atoms with Gasteiger partial charge in [0.15, 0.2) is 0 Å². The fourth-order valence-corrected chi connectivity index (χ4v) is 4.49. The van der Waals surface area contributed by atoms with E-state index in [-0.39, 0.29) is 11.9 Å². The lowest BCUT2D eigenvalue weighted by Crippen LogP contribution is -2.52. The summed E-state index contributed by atoms with van der Waals surface area (Å²) in [7, 11) is 0. The largest absolute Gasteiger partial charge is 0.387 e. The van der Waals surface area contributed by atoms with Gasteiger partial charge in [-0.15, -0.1) is 0 Å². The summed E-state index contributed by atoms with van der Waals surface area (Å²) in [6.45, 7) is 2.75. The van der Waals surface area contributed by atoms with Gasteiger partial charge in [-0.25, -0.2) is 0 Å². The zero-order chi connectivity index (χ0) is 18.8. The van der Waals surface area contributed by atoms with Crippen LogP contribution in [0, 0.1) is 0 Å². The summed E-state index contributed by atoms with van der Waals surface area (Å²) in [5.41, 5.74) is 3.18. The normalized spacial score (nSPS) is 21.1. The number of carbonyl (C=O) groups excluding carboxylic acids is 1. The fourth-order valence-electron chi connectivity index (χ4n) is 4.23. The Balaban J connectivity index is 1.59. The second kappa shape index (κ2) is 8.01. The Morgan fingerprint density at radius 2 is 1.74 bits per heavy atom. The molecule has 0 saturated carbocycles. The molecular weight excluding hydrogens is 360 g/mol. The van der Waals surface area contributed by atoms with E-state index in [1.54, 1.807) is 6.07 Å². The lowest BCUT2D eigenvalue weighted by Gasteiger charge is -2.38. The number of benzene rings is 2. The van der Waals surface area contributed by atoms with Crippen molar-refractivity contribution in [1.82, 2.24) is 9.80 Å². The number of hydrogen-bond donors (Lipinski definition) is 1. The van der Waals surface area contributed by atoms with Crippen LogP contribution in [0.2, 0.25) is 5.02 Å². The highest BCUT2D eigenvalue weighted by Crippen LogP contribution is 2.29. The van der Waals surface area contributed by atoms with Crippen LogP contribution in [-0.4, -0.2) is 46.5 Å². The predicted molar refractivity (Wildman–Crippen MR) is 107 cm³/mol. The van der Waals surface area contributed by atoms with E-state index in [4.69, 9.17) is 11.6 Å². The first-order chi connectivity index (χ1) is 13.1. The van der Waals surface area contributed by atoms with E-state index in [1.165, 1.54) is 11.1 Å². The summed E-state index contributed by atoms with van der Waals surface area (Å²) in [5, 5.41) is 11.4. The molecule has 4 nitrogen and oxygen atoms in total. The number of aliphatic hydroxyl groups excluding tert-OH is 1. The maximum atomic E-state index is 13.2. The van der Waals surface area contributed by atoms with E-state index in [0.717, 1.165) is 25.9 Å². The summed E-state index contributed by atoms with van der Waals surface area (Å²) in [6.07, 6.45) is 2.13. The van der Waals surface area contributed by atoms with Crippen LogP contribution in [0.5, 0.6) is 0 Å². The molecule has 1 fully saturated rings. The first-order valence-electron chi connectivity index (χ1n) is 9.65. The number of carbonyl (C=O) groups is 1. The molecule has 0 unspecified atom stereocenters. The molecule has 2 aromatic rings. The number of rotatable bonds is 4. The molecule has 0 radical (unpaired) electrons. The van der Waals surface area contributed by atoms with Crippen LogP contribution in [0.3, 0.4) is 0 Å². The summed E-state index contributed by atoms with van der Waals surface area (Å²) < 4.78 is 0. The molecule has 0 bridgehead atoms. The highest BCUT2D eigenvalue weighted by Gasteiger charge is 2.36. The Hall–Kier alpha value is -1.88. The summed E-state index contributed by atoms with van der Waals surface area (Å²) in [4.78, 5) is 17.3. The average Bonchev–Trinajstić information content (AvgIpc) is 3.22. The molecule has 2 aromatic carbocycles. The van der Waals surface area contributed by atoms with Crippen LogP contribution in [0.25, 0.3) is 0 Å². The Kier molecular flexibility index (Phi) is 5.48. The lowest BCUT2D eigenvalue weighted by molar-refractivity contribution is -0.137. The third-order valence-corrected chi connectivity index (χ3v) is 6.06. The Morgan fingerprint density at radius 3 is 2.48 bits per heavy atom. The number of fused-ring (bicyclic) bond motifs is 1. The van der Waals surface area contributed by atoms with Gasteiger partial charge >= 0.3 is 0 Å². The highest BCUT2D eigenvalue weighted by atomic mass is 35.5. The van der Waals surface area contributed by atoms with Crippen LogP contribution >= 0.6 is 11.6 Å². The first kappa shape index (κ1) is 18.5. The van der Waals surface area contributed by atoms with E-state index in [0.29, 0.717) is 30.1 Å². The van der Waals surface area contributed by atoms with Crippen molar-refractivity contribution in [3.63, 3.8) is 0 Å². The average molecular weight is 385 g/mol. The second-order valence-corrected chi connectivity index (χ2v) is 7.89. The van der Waals surface area contributed by atoms with Crippen LogP contribution in [-0.2, 0) is 17.8 Å². The molecule has 27 heavy (non-hydrogen) atoms. The molecule has 2 atom stereocenters. The molecule has 2 heterocycles. The number of hydrogen-bond acceptors (Lipinski definition) is 3. The lowest BCUT2D eigenvalue weighted by atomic mass is 9.92. The first-order valence-corrected chi connectivity index (χ1v) is 10.0. The molecular formula is C22H25ClN2O2. The SMILES string of the molecule is O=C([C@H]1Cc2ccccc2CN1C[C@@H](O)c1ccccc1Cl)N1CCCC1. The monoisotopic (exact) mass is 384 g/mol. The molecule has 1 saturated heterocycles. The van der Waals surface area contributed by atoms with E-state index in [1.807, 2.05) is 35.2 Å². The van der Waals surface area contributed by atoms with Gasteiger partial charge < -0.3 is 10.0 Å².